The summed E-state index contributed by atoms with van der Waals surface area (Å²) in [5, 5.41) is 11.3. The van der Waals surface area contributed by atoms with Crippen LogP contribution in [0.25, 0.3) is 0 Å². The van der Waals surface area contributed by atoms with Crippen LogP contribution in [0.5, 0.6) is 0 Å². The van der Waals surface area contributed by atoms with Crippen LogP contribution >= 0.6 is 15.9 Å². The third-order valence-corrected chi connectivity index (χ3v) is 4.16. The number of hydrogen-bond acceptors (Lipinski definition) is 5. The summed E-state index contributed by atoms with van der Waals surface area (Å²) in [6.45, 7) is 4.36. The van der Waals surface area contributed by atoms with Gasteiger partial charge in [0.15, 0.2) is 5.82 Å². The minimum Gasteiger partial charge on any atom is -0.355 e. The normalized spacial score (nSPS) is 18.6. The van der Waals surface area contributed by atoms with Gasteiger partial charge in [-0.2, -0.15) is 10.1 Å². The van der Waals surface area contributed by atoms with Crippen LogP contribution in [0.2, 0.25) is 0 Å². The van der Waals surface area contributed by atoms with Crippen LogP contribution in [0.4, 0.5) is 17.5 Å². The first kappa shape index (κ1) is 14.3. The van der Waals surface area contributed by atoms with E-state index < -0.39 is 0 Å². The molecule has 0 spiro atoms. The zero-order valence-electron chi connectivity index (χ0n) is 12.0. The molecule has 1 N–H and O–H groups in total. The smallest absolute Gasteiger partial charge is 0.249 e. The molecule has 6 heteroatoms. The van der Waals surface area contributed by atoms with Crippen molar-refractivity contribution in [2.45, 2.75) is 19.8 Å². The average Bonchev–Trinajstić information content (AvgIpc) is 2.50. The van der Waals surface area contributed by atoms with Crippen molar-refractivity contribution in [2.24, 2.45) is 5.92 Å². The maximum absolute atomic E-state index is 4.58. The Morgan fingerprint density at radius 2 is 2.10 bits per heavy atom. The highest BCUT2D eigenvalue weighted by atomic mass is 79.9. The second-order valence-corrected chi connectivity index (χ2v) is 6.38. The molecule has 2 aromatic rings. The van der Waals surface area contributed by atoms with Crippen molar-refractivity contribution in [1.82, 2.24) is 15.2 Å². The first-order chi connectivity index (χ1) is 10.2. The number of piperidine rings is 1. The summed E-state index contributed by atoms with van der Waals surface area (Å²) in [6.07, 6.45) is 4.24. The fourth-order valence-electron chi connectivity index (χ4n) is 2.56. The number of nitrogens with one attached hydrogen (secondary N) is 1. The monoisotopic (exact) mass is 347 g/mol. The summed E-state index contributed by atoms with van der Waals surface area (Å²) in [5.74, 6) is 2.14. The Morgan fingerprint density at radius 3 is 2.86 bits per heavy atom. The Labute approximate surface area is 132 Å². The summed E-state index contributed by atoms with van der Waals surface area (Å²) in [6, 6.07) is 7.91. The molecular weight excluding hydrogens is 330 g/mol. The summed E-state index contributed by atoms with van der Waals surface area (Å²) in [7, 11) is 0. The van der Waals surface area contributed by atoms with E-state index in [0.717, 1.165) is 29.1 Å². The third-order valence-electron chi connectivity index (χ3n) is 3.63. The molecule has 2 heterocycles. The molecule has 1 fully saturated rings. The van der Waals surface area contributed by atoms with Crippen molar-refractivity contribution in [1.29, 1.82) is 0 Å². The van der Waals surface area contributed by atoms with E-state index in [1.807, 2.05) is 24.3 Å². The van der Waals surface area contributed by atoms with Gasteiger partial charge in [-0.15, -0.1) is 5.10 Å². The van der Waals surface area contributed by atoms with Gasteiger partial charge in [0.25, 0.3) is 0 Å². The van der Waals surface area contributed by atoms with Crippen LogP contribution in [0.15, 0.2) is 34.9 Å². The molecule has 0 radical (unpaired) electrons. The number of aromatic nitrogens is 3. The van der Waals surface area contributed by atoms with E-state index >= 15 is 0 Å². The minimum absolute atomic E-state index is 0.535. The van der Waals surface area contributed by atoms with Crippen molar-refractivity contribution < 1.29 is 0 Å². The van der Waals surface area contributed by atoms with Crippen LogP contribution in [-0.2, 0) is 0 Å². The quantitative estimate of drug-likeness (QED) is 0.918. The number of nitrogens with zero attached hydrogens (tertiary/aromatic N) is 4. The zero-order valence-corrected chi connectivity index (χ0v) is 13.5. The van der Waals surface area contributed by atoms with Crippen LogP contribution in [0, 0.1) is 5.92 Å². The lowest BCUT2D eigenvalue weighted by Crippen LogP contribution is -2.35. The molecule has 1 aromatic carbocycles. The van der Waals surface area contributed by atoms with Gasteiger partial charge in [0.2, 0.25) is 5.95 Å². The second kappa shape index (κ2) is 6.39. The first-order valence-corrected chi connectivity index (χ1v) is 7.97. The molecule has 1 aliphatic rings. The molecule has 1 saturated heterocycles. The summed E-state index contributed by atoms with van der Waals surface area (Å²) >= 11 is 3.42. The van der Waals surface area contributed by atoms with Gasteiger partial charge < -0.3 is 10.2 Å². The summed E-state index contributed by atoms with van der Waals surface area (Å²) in [4.78, 5) is 6.87. The van der Waals surface area contributed by atoms with E-state index in [-0.39, 0.29) is 0 Å². The van der Waals surface area contributed by atoms with Gasteiger partial charge >= 0.3 is 0 Å². The van der Waals surface area contributed by atoms with Gasteiger partial charge in [0.05, 0.1) is 6.20 Å². The fourth-order valence-corrected chi connectivity index (χ4v) is 2.82. The van der Waals surface area contributed by atoms with E-state index in [2.05, 4.69) is 48.3 Å². The molecule has 1 aromatic heterocycles. The maximum atomic E-state index is 4.58. The Balaban J connectivity index is 1.75. The average molecular weight is 348 g/mol. The second-order valence-electron chi connectivity index (χ2n) is 5.46. The molecule has 0 aliphatic carbocycles. The Kier molecular flexibility index (Phi) is 4.34. The lowest BCUT2D eigenvalue weighted by Gasteiger charge is -2.31. The zero-order chi connectivity index (χ0) is 14.7. The highest BCUT2D eigenvalue weighted by Gasteiger charge is 2.18. The maximum Gasteiger partial charge on any atom is 0.249 e. The predicted molar refractivity (Wildman–Crippen MR) is 87.9 cm³/mol. The molecule has 0 saturated carbocycles. The topological polar surface area (TPSA) is 53.9 Å². The molecule has 1 atom stereocenters. The van der Waals surface area contributed by atoms with Gasteiger partial charge in [0, 0.05) is 23.2 Å². The lowest BCUT2D eigenvalue weighted by molar-refractivity contribution is 0.444. The van der Waals surface area contributed by atoms with Gasteiger partial charge in [-0.3, -0.25) is 0 Å². The molecule has 21 heavy (non-hydrogen) atoms. The SMILES string of the molecule is CC1CCCN(c2cnnc(Nc3ccc(Br)cc3)n2)C1. The van der Waals surface area contributed by atoms with E-state index in [4.69, 9.17) is 0 Å². The van der Waals surface area contributed by atoms with Gasteiger partial charge in [-0.05, 0) is 43.0 Å². The van der Waals surface area contributed by atoms with Crippen LogP contribution in [0.1, 0.15) is 19.8 Å². The van der Waals surface area contributed by atoms with Crippen LogP contribution in [0.3, 0.4) is 0 Å². The van der Waals surface area contributed by atoms with Gasteiger partial charge in [0.1, 0.15) is 0 Å². The third kappa shape index (κ3) is 3.69. The molecule has 5 nitrogen and oxygen atoms in total. The van der Waals surface area contributed by atoms with Crippen molar-refractivity contribution in [3.8, 4) is 0 Å². The molecule has 0 bridgehead atoms. The standard InChI is InChI=1S/C15H18BrN5/c1-11-3-2-8-21(10-11)14-9-17-20-15(19-14)18-13-6-4-12(16)5-7-13/h4-7,9,11H,2-3,8,10H2,1H3,(H,18,19,20). The molecule has 3 rings (SSSR count). The van der Waals surface area contributed by atoms with Gasteiger partial charge in [-0.1, -0.05) is 22.9 Å². The van der Waals surface area contributed by atoms with Crippen molar-refractivity contribution >= 4 is 33.4 Å². The van der Waals surface area contributed by atoms with Crippen LogP contribution < -0.4 is 10.2 Å². The number of hydrogen-bond donors (Lipinski definition) is 1. The lowest BCUT2D eigenvalue weighted by atomic mass is 10.0. The van der Waals surface area contributed by atoms with E-state index in [1.165, 1.54) is 12.8 Å². The van der Waals surface area contributed by atoms with Crippen molar-refractivity contribution in [3.05, 3.63) is 34.9 Å². The number of halogens is 1. The van der Waals surface area contributed by atoms with E-state index in [0.29, 0.717) is 11.9 Å². The largest absolute Gasteiger partial charge is 0.355 e. The predicted octanol–water partition coefficient (Wildman–Crippen LogP) is 3.61. The van der Waals surface area contributed by atoms with Crippen molar-refractivity contribution in [3.63, 3.8) is 0 Å². The van der Waals surface area contributed by atoms with Gasteiger partial charge in [-0.25, -0.2) is 0 Å². The molecular formula is C15H18BrN5. The molecule has 110 valence electrons. The summed E-state index contributed by atoms with van der Waals surface area (Å²) in [5.41, 5.74) is 0.948. The molecule has 0 amide bonds. The van der Waals surface area contributed by atoms with Crippen LogP contribution in [-0.4, -0.2) is 28.3 Å². The Hall–Kier alpha value is -1.69. The summed E-state index contributed by atoms with van der Waals surface area (Å²) < 4.78 is 1.04. The highest BCUT2D eigenvalue weighted by molar-refractivity contribution is 9.10. The highest BCUT2D eigenvalue weighted by Crippen LogP contribution is 2.22. The minimum atomic E-state index is 0.535. The number of benzene rings is 1. The number of anilines is 3. The van der Waals surface area contributed by atoms with Crippen molar-refractivity contribution in [2.75, 3.05) is 23.3 Å². The molecule has 1 aliphatic heterocycles. The number of rotatable bonds is 3. The molecule has 1 unspecified atom stereocenters. The first-order valence-electron chi connectivity index (χ1n) is 7.18. The van der Waals surface area contributed by atoms with E-state index in [9.17, 15) is 0 Å². The Morgan fingerprint density at radius 1 is 1.29 bits per heavy atom. The fraction of sp³-hybridized carbons (Fsp3) is 0.400. The van der Waals surface area contributed by atoms with E-state index in [1.54, 1.807) is 6.20 Å². The Bertz CT molecular complexity index is 601.